The Hall–Kier alpha value is -1.26. The molecule has 0 spiro atoms. The van der Waals surface area contributed by atoms with Gasteiger partial charge in [-0.05, 0) is 18.1 Å². The van der Waals surface area contributed by atoms with Gasteiger partial charge >= 0.3 is 0 Å². The van der Waals surface area contributed by atoms with E-state index in [1.165, 1.54) is 11.1 Å². The summed E-state index contributed by atoms with van der Waals surface area (Å²) in [6.45, 7) is 7.98. The molecule has 1 N–H and O–H groups in total. The topological polar surface area (TPSA) is 33.7 Å². The average Bonchev–Trinajstić information content (AvgIpc) is 2.88. The summed E-state index contributed by atoms with van der Waals surface area (Å²) in [5, 5.41) is 3.38. The molecule has 0 bridgehead atoms. The first-order chi connectivity index (χ1) is 8.88. The Morgan fingerprint density at radius 3 is 2.83 bits per heavy atom. The molecule has 1 aromatic rings. The fraction of sp³-hybridized carbons (Fsp3) is 0.571. The van der Waals surface area contributed by atoms with E-state index in [1.807, 2.05) is 6.07 Å². The Morgan fingerprint density at radius 2 is 2.06 bits per heavy atom. The molecule has 0 radical (unpaired) electrons. The molecular weight excluding hydrogens is 228 g/mol. The SMILES string of the molecule is CCc1c(CN2CCNCC2)ccc2c1OCO2. The second-order valence-corrected chi connectivity index (χ2v) is 4.82. The van der Waals surface area contributed by atoms with E-state index < -0.39 is 0 Å². The normalized spacial score (nSPS) is 19.2. The van der Waals surface area contributed by atoms with Crippen molar-refractivity contribution in [2.24, 2.45) is 0 Å². The van der Waals surface area contributed by atoms with Crippen molar-refractivity contribution in [1.82, 2.24) is 10.2 Å². The Labute approximate surface area is 108 Å². The van der Waals surface area contributed by atoms with E-state index in [0.717, 1.165) is 50.6 Å². The van der Waals surface area contributed by atoms with E-state index in [9.17, 15) is 0 Å². The van der Waals surface area contributed by atoms with Gasteiger partial charge < -0.3 is 14.8 Å². The van der Waals surface area contributed by atoms with Crippen molar-refractivity contribution < 1.29 is 9.47 Å². The number of rotatable bonds is 3. The molecule has 4 heteroatoms. The summed E-state index contributed by atoms with van der Waals surface area (Å²) in [5.74, 6) is 1.86. The fourth-order valence-corrected chi connectivity index (χ4v) is 2.72. The van der Waals surface area contributed by atoms with Gasteiger partial charge in [-0.2, -0.15) is 0 Å². The molecule has 1 saturated heterocycles. The van der Waals surface area contributed by atoms with Crippen molar-refractivity contribution in [3.8, 4) is 11.5 Å². The molecule has 0 aromatic heterocycles. The number of hydrogen-bond acceptors (Lipinski definition) is 4. The second kappa shape index (κ2) is 5.16. The molecule has 0 atom stereocenters. The van der Waals surface area contributed by atoms with Gasteiger partial charge in [-0.15, -0.1) is 0 Å². The molecule has 3 rings (SSSR count). The van der Waals surface area contributed by atoms with Crippen LogP contribution in [-0.2, 0) is 13.0 Å². The molecular formula is C14H20N2O2. The first-order valence-corrected chi connectivity index (χ1v) is 6.72. The lowest BCUT2D eigenvalue weighted by molar-refractivity contribution is 0.173. The van der Waals surface area contributed by atoms with Gasteiger partial charge in [0.1, 0.15) is 0 Å². The maximum atomic E-state index is 5.60. The smallest absolute Gasteiger partial charge is 0.231 e. The maximum Gasteiger partial charge on any atom is 0.231 e. The van der Waals surface area contributed by atoms with Gasteiger partial charge in [0.2, 0.25) is 6.79 Å². The van der Waals surface area contributed by atoms with Crippen molar-refractivity contribution >= 4 is 0 Å². The Morgan fingerprint density at radius 1 is 1.22 bits per heavy atom. The van der Waals surface area contributed by atoms with Crippen LogP contribution in [0.2, 0.25) is 0 Å². The zero-order chi connectivity index (χ0) is 12.4. The molecule has 1 fully saturated rings. The highest BCUT2D eigenvalue weighted by Crippen LogP contribution is 2.38. The van der Waals surface area contributed by atoms with Crippen molar-refractivity contribution in [2.75, 3.05) is 33.0 Å². The number of ether oxygens (including phenoxy) is 2. The van der Waals surface area contributed by atoms with Gasteiger partial charge in [-0.3, -0.25) is 4.90 Å². The molecule has 4 nitrogen and oxygen atoms in total. The number of benzene rings is 1. The third-order valence-electron chi connectivity index (χ3n) is 3.70. The summed E-state index contributed by atoms with van der Waals surface area (Å²) in [4.78, 5) is 2.49. The predicted molar refractivity (Wildman–Crippen MR) is 70.1 cm³/mol. The van der Waals surface area contributed by atoms with Crippen LogP contribution in [0.5, 0.6) is 11.5 Å². The largest absolute Gasteiger partial charge is 0.454 e. The van der Waals surface area contributed by atoms with Crippen LogP contribution >= 0.6 is 0 Å². The van der Waals surface area contributed by atoms with Crippen molar-refractivity contribution in [3.05, 3.63) is 23.3 Å². The number of hydrogen-bond donors (Lipinski definition) is 1. The molecule has 2 aliphatic heterocycles. The average molecular weight is 248 g/mol. The summed E-state index contributed by atoms with van der Waals surface area (Å²) in [6, 6.07) is 4.23. The van der Waals surface area contributed by atoms with E-state index in [0.29, 0.717) is 6.79 Å². The lowest BCUT2D eigenvalue weighted by atomic mass is 10.0. The highest BCUT2D eigenvalue weighted by Gasteiger charge is 2.21. The van der Waals surface area contributed by atoms with Gasteiger partial charge in [-0.1, -0.05) is 13.0 Å². The van der Waals surface area contributed by atoms with Gasteiger partial charge in [0.25, 0.3) is 0 Å². The summed E-state index contributed by atoms with van der Waals surface area (Å²) in [5.41, 5.74) is 2.69. The third kappa shape index (κ3) is 2.18. The highest BCUT2D eigenvalue weighted by atomic mass is 16.7. The Bertz CT molecular complexity index is 428. The van der Waals surface area contributed by atoms with Crippen LogP contribution in [0.1, 0.15) is 18.1 Å². The van der Waals surface area contributed by atoms with E-state index in [4.69, 9.17) is 9.47 Å². The lowest BCUT2D eigenvalue weighted by Crippen LogP contribution is -2.43. The number of nitrogens with zero attached hydrogens (tertiary/aromatic N) is 1. The van der Waals surface area contributed by atoms with Crippen molar-refractivity contribution in [1.29, 1.82) is 0 Å². The van der Waals surface area contributed by atoms with E-state index in [2.05, 4.69) is 23.2 Å². The van der Waals surface area contributed by atoms with Crippen LogP contribution in [0.4, 0.5) is 0 Å². The molecule has 1 aromatic carbocycles. The third-order valence-corrected chi connectivity index (χ3v) is 3.70. The lowest BCUT2D eigenvalue weighted by Gasteiger charge is -2.28. The quantitative estimate of drug-likeness (QED) is 0.876. The summed E-state index contributed by atoms with van der Waals surface area (Å²) in [6.07, 6.45) is 0.994. The molecule has 0 unspecified atom stereocenters. The second-order valence-electron chi connectivity index (χ2n) is 4.82. The van der Waals surface area contributed by atoms with Crippen LogP contribution in [-0.4, -0.2) is 37.9 Å². The highest BCUT2D eigenvalue weighted by molar-refractivity contribution is 5.52. The van der Waals surface area contributed by atoms with Crippen LogP contribution in [0.15, 0.2) is 12.1 Å². The van der Waals surface area contributed by atoms with Crippen LogP contribution in [0.3, 0.4) is 0 Å². The molecule has 0 aliphatic carbocycles. The summed E-state index contributed by atoms with van der Waals surface area (Å²) in [7, 11) is 0. The van der Waals surface area contributed by atoms with Crippen LogP contribution in [0.25, 0.3) is 0 Å². The van der Waals surface area contributed by atoms with Gasteiger partial charge in [-0.25, -0.2) is 0 Å². The minimum atomic E-state index is 0.361. The first kappa shape index (κ1) is 11.8. The standard InChI is InChI=1S/C14H20N2O2/c1-2-12-11(9-16-7-5-15-6-8-16)3-4-13-14(12)18-10-17-13/h3-4,15H,2,5-10H2,1H3. The molecule has 0 saturated carbocycles. The molecule has 0 amide bonds. The molecule has 2 heterocycles. The maximum absolute atomic E-state index is 5.60. The fourth-order valence-electron chi connectivity index (χ4n) is 2.72. The van der Waals surface area contributed by atoms with E-state index in [1.54, 1.807) is 0 Å². The Balaban J connectivity index is 1.82. The summed E-state index contributed by atoms with van der Waals surface area (Å²) < 4.78 is 11.0. The Kier molecular flexibility index (Phi) is 3.39. The van der Waals surface area contributed by atoms with Gasteiger partial charge in [0.05, 0.1) is 0 Å². The predicted octanol–water partition coefficient (Wildman–Crippen LogP) is 1.38. The molecule has 2 aliphatic rings. The number of piperazine rings is 1. The number of fused-ring (bicyclic) bond motifs is 1. The first-order valence-electron chi connectivity index (χ1n) is 6.72. The van der Waals surface area contributed by atoms with E-state index in [-0.39, 0.29) is 0 Å². The monoisotopic (exact) mass is 248 g/mol. The molecule has 18 heavy (non-hydrogen) atoms. The van der Waals surface area contributed by atoms with E-state index >= 15 is 0 Å². The van der Waals surface area contributed by atoms with Crippen molar-refractivity contribution in [3.63, 3.8) is 0 Å². The van der Waals surface area contributed by atoms with Gasteiger partial charge in [0, 0.05) is 38.3 Å². The zero-order valence-corrected chi connectivity index (χ0v) is 10.9. The zero-order valence-electron chi connectivity index (χ0n) is 10.9. The molecule has 98 valence electrons. The van der Waals surface area contributed by atoms with Gasteiger partial charge in [0.15, 0.2) is 11.5 Å². The summed E-state index contributed by atoms with van der Waals surface area (Å²) >= 11 is 0. The van der Waals surface area contributed by atoms with Crippen LogP contribution in [0, 0.1) is 0 Å². The van der Waals surface area contributed by atoms with Crippen molar-refractivity contribution in [2.45, 2.75) is 19.9 Å². The number of nitrogens with one attached hydrogen (secondary N) is 1. The minimum Gasteiger partial charge on any atom is -0.454 e. The minimum absolute atomic E-state index is 0.361. The van der Waals surface area contributed by atoms with Crippen LogP contribution < -0.4 is 14.8 Å².